The largest absolute Gasteiger partial charge is 0.478 e. The van der Waals surface area contributed by atoms with Crippen LogP contribution in [0.2, 0.25) is 0 Å². The van der Waals surface area contributed by atoms with Crippen LogP contribution in [0.4, 0.5) is 22.7 Å². The molecule has 4 aromatic rings. The van der Waals surface area contributed by atoms with Crippen LogP contribution in [0.5, 0.6) is 0 Å². The zero-order chi connectivity index (χ0) is 34.0. The number of nitrogens with zero attached hydrogens (tertiary/aromatic N) is 2. The van der Waals surface area contributed by atoms with Crippen LogP contribution in [-0.4, -0.2) is 51.4 Å². The van der Waals surface area contributed by atoms with Crippen LogP contribution in [0.1, 0.15) is 68.8 Å². The highest BCUT2D eigenvalue weighted by Crippen LogP contribution is 2.38. The Labute approximate surface area is 273 Å². The third kappa shape index (κ3) is 6.38. The Balaban J connectivity index is 1.49. The number of hydrogen-bond donors (Lipinski definition) is 5. The van der Waals surface area contributed by atoms with Gasteiger partial charge in [0, 0.05) is 39.6 Å². The number of aromatic carboxylic acids is 1. The maximum atomic E-state index is 13.4. The normalized spacial score (nSPS) is 13.7. The highest BCUT2D eigenvalue weighted by molar-refractivity contribution is 6.35. The second kappa shape index (κ2) is 13.4. The zero-order valence-corrected chi connectivity index (χ0v) is 27.0. The van der Waals surface area contributed by atoms with E-state index in [-0.39, 0.29) is 17.4 Å². The van der Waals surface area contributed by atoms with Gasteiger partial charge < -0.3 is 31.4 Å². The fourth-order valence-electron chi connectivity index (χ4n) is 6.06. The van der Waals surface area contributed by atoms with Gasteiger partial charge in [-0.1, -0.05) is 44.2 Å². The van der Waals surface area contributed by atoms with Crippen molar-refractivity contribution < 1.29 is 24.3 Å². The van der Waals surface area contributed by atoms with Crippen molar-refractivity contribution in [1.29, 1.82) is 0 Å². The van der Waals surface area contributed by atoms with E-state index < -0.39 is 18.0 Å². The maximum absolute atomic E-state index is 13.4. The lowest BCUT2D eigenvalue weighted by molar-refractivity contribution is -0.126. The molecule has 0 aliphatic carbocycles. The summed E-state index contributed by atoms with van der Waals surface area (Å²) in [5, 5.41) is 19.3. The Kier molecular flexibility index (Phi) is 9.29. The molecule has 11 heteroatoms. The van der Waals surface area contributed by atoms with E-state index in [4.69, 9.17) is 5.73 Å². The number of likely N-dealkylation sites (N-methyl/N-ethyl adjacent to an activating group) is 1. The predicted molar refractivity (Wildman–Crippen MR) is 184 cm³/mol. The number of nitrogens with one attached hydrogen (secondary N) is 3. The lowest BCUT2D eigenvalue weighted by Crippen LogP contribution is -2.42. The molecule has 0 saturated carbocycles. The number of anilines is 4. The van der Waals surface area contributed by atoms with E-state index >= 15 is 0 Å². The predicted octanol–water partition coefficient (Wildman–Crippen LogP) is 5.93. The SMILES string of the molecule is CCN(CC)C(C(N)=O)n1c(C)c(C(=O)O)c(C)c1C=C1C(=O)Nc2cc(Nc3cc(NC(=O)c4ccccc4)ccc3C)ccc21. The van der Waals surface area contributed by atoms with Crippen LogP contribution in [0, 0.1) is 20.8 Å². The standard InChI is InChI=1S/C36H38N6O5/c1-6-41(7-2)35(32(37)43)42-22(5)31(36(46)47)21(4)30(42)19-27-26-16-15-24(18-29(26)40-34(27)45)38-28-17-25(14-13-20(28)3)39-33(44)23-11-9-8-10-12-23/h8-19,35,38H,6-7H2,1-5H3,(H2,37,43)(H,39,44)(H,40,45)(H,46,47). The molecule has 0 bridgehead atoms. The van der Waals surface area contributed by atoms with Crippen molar-refractivity contribution in [3.8, 4) is 0 Å². The third-order valence-electron chi connectivity index (χ3n) is 8.51. The number of carbonyl (C=O) groups is 4. The van der Waals surface area contributed by atoms with Crippen LogP contribution in [0.3, 0.4) is 0 Å². The molecule has 3 aromatic carbocycles. The number of nitrogens with two attached hydrogens (primary N) is 1. The van der Waals surface area contributed by atoms with Crippen LogP contribution in [0.25, 0.3) is 11.6 Å². The average Bonchev–Trinajstić information content (AvgIpc) is 3.48. The summed E-state index contributed by atoms with van der Waals surface area (Å²) in [5.41, 5.74) is 12.3. The molecular formula is C36H38N6O5. The van der Waals surface area contributed by atoms with Crippen molar-refractivity contribution in [3.05, 3.63) is 106 Å². The van der Waals surface area contributed by atoms with Gasteiger partial charge in [0.25, 0.3) is 17.7 Å². The number of fused-ring (bicyclic) bond motifs is 1. The lowest BCUT2D eigenvalue weighted by Gasteiger charge is -2.30. The Hall–Kier alpha value is -5.68. The third-order valence-corrected chi connectivity index (χ3v) is 8.51. The Morgan fingerprint density at radius 3 is 2.30 bits per heavy atom. The number of benzene rings is 3. The number of amides is 3. The summed E-state index contributed by atoms with van der Waals surface area (Å²) in [4.78, 5) is 53.0. The molecule has 1 unspecified atom stereocenters. The molecule has 0 fully saturated rings. The minimum absolute atomic E-state index is 0.0611. The second-order valence-electron chi connectivity index (χ2n) is 11.4. The van der Waals surface area contributed by atoms with E-state index in [1.165, 1.54) is 0 Å². The van der Waals surface area contributed by atoms with E-state index in [2.05, 4.69) is 16.0 Å². The number of rotatable bonds is 11. The van der Waals surface area contributed by atoms with Crippen molar-refractivity contribution >= 4 is 58.1 Å². The van der Waals surface area contributed by atoms with Gasteiger partial charge in [0.05, 0.1) is 16.8 Å². The minimum atomic E-state index is -1.13. The van der Waals surface area contributed by atoms with Crippen LogP contribution >= 0.6 is 0 Å². The summed E-state index contributed by atoms with van der Waals surface area (Å²) in [6.45, 7) is 10.0. The minimum Gasteiger partial charge on any atom is -0.478 e. The van der Waals surface area contributed by atoms with Crippen molar-refractivity contribution in [1.82, 2.24) is 9.47 Å². The fraction of sp³-hybridized carbons (Fsp3) is 0.222. The van der Waals surface area contributed by atoms with Gasteiger partial charge in [0.15, 0.2) is 6.17 Å². The fourth-order valence-corrected chi connectivity index (χ4v) is 6.06. The monoisotopic (exact) mass is 634 g/mol. The molecule has 0 radical (unpaired) electrons. The molecule has 1 aliphatic rings. The maximum Gasteiger partial charge on any atom is 0.337 e. The second-order valence-corrected chi connectivity index (χ2v) is 11.4. The molecule has 1 aliphatic heterocycles. The van der Waals surface area contributed by atoms with Gasteiger partial charge in [-0.2, -0.15) is 0 Å². The highest BCUT2D eigenvalue weighted by Gasteiger charge is 2.33. The van der Waals surface area contributed by atoms with Gasteiger partial charge in [0.2, 0.25) is 0 Å². The summed E-state index contributed by atoms with van der Waals surface area (Å²) in [6, 6.07) is 20.0. The first-order chi connectivity index (χ1) is 22.4. The van der Waals surface area contributed by atoms with Crippen LogP contribution in [-0.2, 0) is 9.59 Å². The highest BCUT2D eigenvalue weighted by atomic mass is 16.4. The molecule has 1 aromatic heterocycles. The van der Waals surface area contributed by atoms with E-state index in [0.717, 1.165) is 11.3 Å². The van der Waals surface area contributed by atoms with Crippen LogP contribution < -0.4 is 21.7 Å². The first kappa shape index (κ1) is 32.7. The van der Waals surface area contributed by atoms with Crippen LogP contribution in [0.15, 0.2) is 66.7 Å². The van der Waals surface area contributed by atoms with E-state index in [9.17, 15) is 24.3 Å². The van der Waals surface area contributed by atoms with Gasteiger partial charge in [-0.05, 0) is 87.5 Å². The molecular weight excluding hydrogens is 596 g/mol. The molecule has 0 saturated heterocycles. The molecule has 11 nitrogen and oxygen atoms in total. The topological polar surface area (TPSA) is 159 Å². The van der Waals surface area contributed by atoms with Crippen molar-refractivity contribution in [2.75, 3.05) is 29.0 Å². The van der Waals surface area contributed by atoms with Gasteiger partial charge in [-0.25, -0.2) is 4.79 Å². The van der Waals surface area contributed by atoms with Crippen molar-refractivity contribution in [3.63, 3.8) is 0 Å². The first-order valence-corrected chi connectivity index (χ1v) is 15.3. The average molecular weight is 635 g/mol. The number of aryl methyl sites for hydroxylation is 1. The molecule has 3 amide bonds. The summed E-state index contributed by atoms with van der Waals surface area (Å²) in [5.74, 6) is -2.34. The molecule has 1 atom stereocenters. The molecule has 47 heavy (non-hydrogen) atoms. The number of carboxylic acid groups (broad SMARTS) is 1. The smallest absolute Gasteiger partial charge is 0.337 e. The number of aromatic nitrogens is 1. The number of primary amides is 1. The van der Waals surface area contributed by atoms with E-state index in [1.54, 1.807) is 42.7 Å². The summed E-state index contributed by atoms with van der Waals surface area (Å²) < 4.78 is 1.62. The molecule has 2 heterocycles. The number of carboxylic acids is 1. The summed E-state index contributed by atoms with van der Waals surface area (Å²) in [6.07, 6.45) is 0.682. The van der Waals surface area contributed by atoms with Gasteiger partial charge in [0.1, 0.15) is 0 Å². The van der Waals surface area contributed by atoms with Gasteiger partial charge >= 0.3 is 5.97 Å². The zero-order valence-electron chi connectivity index (χ0n) is 27.0. The summed E-state index contributed by atoms with van der Waals surface area (Å²) in [7, 11) is 0. The summed E-state index contributed by atoms with van der Waals surface area (Å²) >= 11 is 0. The molecule has 242 valence electrons. The quantitative estimate of drug-likeness (QED) is 0.128. The number of hydrogen-bond acceptors (Lipinski definition) is 6. The van der Waals surface area contributed by atoms with Gasteiger partial charge in [-0.3, -0.25) is 19.3 Å². The first-order valence-electron chi connectivity index (χ1n) is 15.3. The molecule has 0 spiro atoms. The lowest BCUT2D eigenvalue weighted by atomic mass is 10.0. The van der Waals surface area contributed by atoms with E-state index in [1.807, 2.05) is 74.2 Å². The number of carbonyl (C=O) groups excluding carboxylic acids is 3. The Morgan fingerprint density at radius 1 is 0.979 bits per heavy atom. The Morgan fingerprint density at radius 2 is 1.66 bits per heavy atom. The van der Waals surface area contributed by atoms with E-state index in [0.29, 0.717) is 63.8 Å². The molecule has 6 N–H and O–H groups in total. The Bertz CT molecular complexity index is 1920. The van der Waals surface area contributed by atoms with Gasteiger partial charge in [-0.15, -0.1) is 0 Å². The van der Waals surface area contributed by atoms with Crippen molar-refractivity contribution in [2.45, 2.75) is 40.8 Å². The molecule has 5 rings (SSSR count). The van der Waals surface area contributed by atoms with Crippen molar-refractivity contribution in [2.24, 2.45) is 5.73 Å².